The Bertz CT molecular complexity index is 922. The first kappa shape index (κ1) is 20.1. The molecule has 1 aromatic carbocycles. The highest BCUT2D eigenvalue weighted by atomic mass is 32.2. The van der Waals surface area contributed by atoms with E-state index in [1.54, 1.807) is 11.3 Å². The van der Waals surface area contributed by atoms with Crippen LogP contribution in [0.3, 0.4) is 0 Å². The summed E-state index contributed by atoms with van der Waals surface area (Å²) in [6.45, 7) is 3.26. The molecule has 1 amide bonds. The molecule has 0 unspecified atom stereocenters. The van der Waals surface area contributed by atoms with Crippen molar-refractivity contribution in [2.75, 3.05) is 13.2 Å². The Balaban J connectivity index is 1.50. The van der Waals surface area contributed by atoms with E-state index >= 15 is 0 Å². The van der Waals surface area contributed by atoms with Crippen molar-refractivity contribution in [1.82, 2.24) is 20.1 Å². The maximum Gasteiger partial charge on any atom is 0.233 e. The standard InChI is InChI=1S/C21H24N4O2S2/c1-15(20(26)22-14-17-9-5-11-27-17)29-21-24-23-19(13-18-10-6-12-28-18)25(21)16-7-3-2-4-8-16/h2-4,6-8,10,12,15,17H,5,9,11,13-14H2,1H3,(H,22,26)/t15-,17+/m0/s1. The number of carbonyl (C=O) groups is 1. The highest BCUT2D eigenvalue weighted by molar-refractivity contribution is 8.00. The summed E-state index contributed by atoms with van der Waals surface area (Å²) in [4.78, 5) is 13.8. The van der Waals surface area contributed by atoms with Gasteiger partial charge in [-0.3, -0.25) is 9.36 Å². The summed E-state index contributed by atoms with van der Waals surface area (Å²) in [5, 5.41) is 14.4. The second-order valence-corrected chi connectivity index (χ2v) is 9.31. The Labute approximate surface area is 178 Å². The number of carbonyl (C=O) groups excluding carboxylic acids is 1. The van der Waals surface area contributed by atoms with Gasteiger partial charge < -0.3 is 10.1 Å². The molecule has 0 aliphatic carbocycles. The lowest BCUT2D eigenvalue weighted by Gasteiger charge is -2.15. The van der Waals surface area contributed by atoms with E-state index in [2.05, 4.69) is 27.0 Å². The van der Waals surface area contributed by atoms with Crippen molar-refractivity contribution >= 4 is 29.0 Å². The van der Waals surface area contributed by atoms with Crippen molar-refractivity contribution in [3.63, 3.8) is 0 Å². The Morgan fingerprint density at radius 2 is 2.17 bits per heavy atom. The average molecular weight is 429 g/mol. The van der Waals surface area contributed by atoms with Crippen LogP contribution < -0.4 is 5.32 Å². The zero-order valence-electron chi connectivity index (χ0n) is 16.3. The van der Waals surface area contributed by atoms with E-state index in [4.69, 9.17) is 4.74 Å². The van der Waals surface area contributed by atoms with E-state index < -0.39 is 0 Å². The average Bonchev–Trinajstić information content (AvgIpc) is 3.50. The lowest BCUT2D eigenvalue weighted by atomic mass is 10.2. The molecule has 6 nitrogen and oxygen atoms in total. The molecule has 0 radical (unpaired) electrons. The second kappa shape index (κ2) is 9.56. The van der Waals surface area contributed by atoms with Crippen LogP contribution in [0.1, 0.15) is 30.5 Å². The number of benzene rings is 1. The second-order valence-electron chi connectivity index (χ2n) is 6.97. The molecule has 3 heterocycles. The minimum atomic E-state index is -0.280. The van der Waals surface area contributed by atoms with E-state index in [1.165, 1.54) is 16.6 Å². The van der Waals surface area contributed by atoms with Crippen molar-refractivity contribution in [2.24, 2.45) is 0 Å². The van der Waals surface area contributed by atoms with Gasteiger partial charge in [0.05, 0.1) is 11.4 Å². The van der Waals surface area contributed by atoms with Gasteiger partial charge in [-0.25, -0.2) is 0 Å². The lowest BCUT2D eigenvalue weighted by molar-refractivity contribution is -0.120. The van der Waals surface area contributed by atoms with E-state index in [0.717, 1.165) is 36.1 Å². The van der Waals surface area contributed by atoms with Crippen molar-refractivity contribution in [3.05, 3.63) is 58.5 Å². The molecule has 1 fully saturated rings. The van der Waals surface area contributed by atoms with Crippen LogP contribution in [0.4, 0.5) is 0 Å². The van der Waals surface area contributed by atoms with Crippen LogP contribution in [0.15, 0.2) is 53.0 Å². The number of thiophene rings is 1. The number of nitrogens with one attached hydrogen (secondary N) is 1. The van der Waals surface area contributed by atoms with Gasteiger partial charge in [-0.15, -0.1) is 21.5 Å². The third-order valence-corrected chi connectivity index (χ3v) is 6.73. The number of para-hydroxylation sites is 1. The van der Waals surface area contributed by atoms with E-state index in [1.807, 2.05) is 47.9 Å². The molecule has 29 heavy (non-hydrogen) atoms. The molecule has 0 bridgehead atoms. The molecule has 3 aromatic rings. The molecule has 1 saturated heterocycles. The van der Waals surface area contributed by atoms with Gasteiger partial charge in [0.1, 0.15) is 5.82 Å². The maximum absolute atomic E-state index is 12.6. The molecule has 0 saturated carbocycles. The molecule has 2 atom stereocenters. The first-order valence-electron chi connectivity index (χ1n) is 9.79. The van der Waals surface area contributed by atoms with Crippen LogP contribution >= 0.6 is 23.1 Å². The normalized spacial score (nSPS) is 17.3. The van der Waals surface area contributed by atoms with Crippen molar-refractivity contribution < 1.29 is 9.53 Å². The van der Waals surface area contributed by atoms with Crippen LogP contribution in [0.2, 0.25) is 0 Å². The summed E-state index contributed by atoms with van der Waals surface area (Å²) >= 11 is 3.13. The molecule has 152 valence electrons. The number of nitrogens with zero attached hydrogens (tertiary/aromatic N) is 3. The molecule has 4 rings (SSSR count). The largest absolute Gasteiger partial charge is 0.376 e. The molecule has 1 aliphatic rings. The first-order valence-corrected chi connectivity index (χ1v) is 11.5. The quantitative estimate of drug-likeness (QED) is 0.554. The maximum atomic E-state index is 12.6. The molecular formula is C21H24N4O2S2. The SMILES string of the molecule is C[C@H](Sc1nnc(Cc2cccs2)n1-c1ccccc1)C(=O)NC[C@H]1CCCO1. The van der Waals surface area contributed by atoms with Gasteiger partial charge in [0.2, 0.25) is 5.91 Å². The fourth-order valence-electron chi connectivity index (χ4n) is 3.27. The topological polar surface area (TPSA) is 69.0 Å². The van der Waals surface area contributed by atoms with E-state index in [9.17, 15) is 4.79 Å². The minimum Gasteiger partial charge on any atom is -0.376 e. The zero-order chi connectivity index (χ0) is 20.1. The number of ether oxygens (including phenoxy) is 1. The third kappa shape index (κ3) is 5.07. The van der Waals surface area contributed by atoms with Crippen molar-refractivity contribution in [1.29, 1.82) is 0 Å². The van der Waals surface area contributed by atoms with Crippen LogP contribution in [0.5, 0.6) is 0 Å². The van der Waals surface area contributed by atoms with Crippen LogP contribution in [0, 0.1) is 0 Å². The number of hydrogen-bond donors (Lipinski definition) is 1. The molecule has 8 heteroatoms. The van der Waals surface area contributed by atoms with Gasteiger partial charge in [0.25, 0.3) is 0 Å². The Hall–Kier alpha value is -2.16. The fourth-order valence-corrected chi connectivity index (χ4v) is 4.88. The summed E-state index contributed by atoms with van der Waals surface area (Å²) in [6.07, 6.45) is 2.93. The fraction of sp³-hybridized carbons (Fsp3) is 0.381. The zero-order valence-corrected chi connectivity index (χ0v) is 17.9. The van der Waals surface area contributed by atoms with Gasteiger partial charge in [0.15, 0.2) is 5.16 Å². The van der Waals surface area contributed by atoms with Crippen LogP contribution in [0.25, 0.3) is 5.69 Å². The monoisotopic (exact) mass is 428 g/mol. The minimum absolute atomic E-state index is 0.00656. The number of rotatable bonds is 8. The van der Waals surface area contributed by atoms with Gasteiger partial charge in [-0.1, -0.05) is 36.0 Å². The Morgan fingerprint density at radius 1 is 1.31 bits per heavy atom. The van der Waals surface area contributed by atoms with Crippen molar-refractivity contribution in [3.8, 4) is 5.69 Å². The summed E-state index contributed by atoms with van der Waals surface area (Å²) in [5.41, 5.74) is 0.999. The Morgan fingerprint density at radius 3 is 2.90 bits per heavy atom. The Kier molecular flexibility index (Phi) is 6.63. The lowest BCUT2D eigenvalue weighted by Crippen LogP contribution is -2.36. The van der Waals surface area contributed by atoms with E-state index in [0.29, 0.717) is 13.0 Å². The summed E-state index contributed by atoms with van der Waals surface area (Å²) in [7, 11) is 0. The van der Waals surface area contributed by atoms with E-state index in [-0.39, 0.29) is 17.3 Å². The van der Waals surface area contributed by atoms with Gasteiger partial charge in [-0.05, 0) is 43.3 Å². The smallest absolute Gasteiger partial charge is 0.233 e. The summed E-state index contributed by atoms with van der Waals surface area (Å²) in [5.74, 6) is 0.862. The summed E-state index contributed by atoms with van der Waals surface area (Å²) < 4.78 is 7.63. The number of hydrogen-bond acceptors (Lipinski definition) is 6. The molecular weight excluding hydrogens is 404 g/mol. The molecule has 2 aromatic heterocycles. The van der Waals surface area contributed by atoms with Gasteiger partial charge >= 0.3 is 0 Å². The molecule has 1 aliphatic heterocycles. The number of amides is 1. The third-order valence-electron chi connectivity index (χ3n) is 4.81. The highest BCUT2D eigenvalue weighted by Crippen LogP contribution is 2.27. The molecule has 0 spiro atoms. The van der Waals surface area contributed by atoms with Gasteiger partial charge in [-0.2, -0.15) is 0 Å². The van der Waals surface area contributed by atoms with Crippen LogP contribution in [-0.4, -0.2) is 45.2 Å². The number of thioether (sulfide) groups is 1. The highest BCUT2D eigenvalue weighted by Gasteiger charge is 2.23. The summed E-state index contributed by atoms with van der Waals surface area (Å²) in [6, 6.07) is 14.2. The molecule has 1 N–H and O–H groups in total. The predicted octanol–water partition coefficient (Wildman–Crippen LogP) is 3.70. The van der Waals surface area contributed by atoms with Gasteiger partial charge in [0, 0.05) is 30.1 Å². The number of aromatic nitrogens is 3. The predicted molar refractivity (Wildman–Crippen MR) is 116 cm³/mol. The van der Waals surface area contributed by atoms with Crippen molar-refractivity contribution in [2.45, 2.75) is 42.7 Å². The first-order chi connectivity index (χ1) is 14.2. The van der Waals surface area contributed by atoms with Crippen LogP contribution in [-0.2, 0) is 16.0 Å².